The Bertz CT molecular complexity index is 999. The molecule has 4 rings (SSSR count). The maximum atomic E-state index is 13.0. The van der Waals surface area contributed by atoms with Gasteiger partial charge in [0.2, 0.25) is 15.9 Å². The van der Waals surface area contributed by atoms with Crippen molar-refractivity contribution in [2.45, 2.75) is 17.7 Å². The standard InChI is InChI=1S/C17H18N4O5S2/c22-15-10-26-14-2-1-12(9-13(14)19-15)28(24,25)21-6-3-11(4-7-21)16(23)20-17-18-5-8-27-17/h1-2,5,8-9,11H,3-4,6-7,10H2,(H,19,22)(H,18,20,23). The van der Waals surface area contributed by atoms with Crippen LogP contribution in [0.3, 0.4) is 0 Å². The van der Waals surface area contributed by atoms with Gasteiger partial charge in [-0.05, 0) is 31.0 Å². The number of carbonyl (C=O) groups is 2. The van der Waals surface area contributed by atoms with E-state index in [1.165, 1.54) is 33.8 Å². The SMILES string of the molecule is O=C1COc2ccc(S(=O)(=O)N3CCC(C(=O)Nc4nccs4)CC3)cc2N1. The van der Waals surface area contributed by atoms with E-state index in [9.17, 15) is 18.0 Å². The second-order valence-electron chi connectivity index (χ2n) is 6.50. The van der Waals surface area contributed by atoms with Crippen LogP contribution in [0.2, 0.25) is 0 Å². The Hall–Kier alpha value is -2.50. The molecule has 11 heteroatoms. The highest BCUT2D eigenvalue weighted by atomic mass is 32.2. The van der Waals surface area contributed by atoms with Crippen LogP contribution in [0.1, 0.15) is 12.8 Å². The number of nitrogens with one attached hydrogen (secondary N) is 2. The molecule has 2 amide bonds. The molecule has 0 atom stereocenters. The fourth-order valence-corrected chi connectivity index (χ4v) is 5.25. The molecule has 0 aliphatic carbocycles. The summed E-state index contributed by atoms with van der Waals surface area (Å²) >= 11 is 1.34. The summed E-state index contributed by atoms with van der Waals surface area (Å²) in [5.41, 5.74) is 0.343. The van der Waals surface area contributed by atoms with E-state index in [1.54, 1.807) is 11.6 Å². The Morgan fingerprint density at radius 3 is 2.82 bits per heavy atom. The van der Waals surface area contributed by atoms with E-state index < -0.39 is 10.0 Å². The number of rotatable bonds is 4. The smallest absolute Gasteiger partial charge is 0.262 e. The first-order valence-electron chi connectivity index (χ1n) is 8.71. The van der Waals surface area contributed by atoms with Gasteiger partial charge in [-0.1, -0.05) is 0 Å². The first kappa shape index (κ1) is 18.8. The number of sulfonamides is 1. The third-order valence-electron chi connectivity index (χ3n) is 4.71. The van der Waals surface area contributed by atoms with Crippen molar-refractivity contribution in [3.05, 3.63) is 29.8 Å². The molecular weight excluding hydrogens is 404 g/mol. The summed E-state index contributed by atoms with van der Waals surface area (Å²) in [5.74, 6) is -0.280. The molecule has 0 unspecified atom stereocenters. The Labute approximate surface area is 165 Å². The van der Waals surface area contributed by atoms with E-state index in [0.717, 1.165) is 0 Å². The number of aromatic nitrogens is 1. The van der Waals surface area contributed by atoms with Crippen molar-refractivity contribution in [2.75, 3.05) is 30.3 Å². The van der Waals surface area contributed by atoms with Crippen molar-refractivity contribution in [2.24, 2.45) is 5.92 Å². The number of nitrogens with zero attached hydrogens (tertiary/aromatic N) is 2. The van der Waals surface area contributed by atoms with Gasteiger partial charge in [-0.25, -0.2) is 13.4 Å². The first-order chi connectivity index (χ1) is 13.4. The fraction of sp³-hybridized carbons (Fsp3) is 0.353. The van der Waals surface area contributed by atoms with Crippen molar-refractivity contribution in [3.8, 4) is 5.75 Å². The van der Waals surface area contributed by atoms with Gasteiger partial charge in [0.1, 0.15) is 5.75 Å². The number of fused-ring (bicyclic) bond motifs is 1. The highest BCUT2D eigenvalue weighted by Crippen LogP contribution is 2.32. The Morgan fingerprint density at radius 1 is 1.32 bits per heavy atom. The van der Waals surface area contributed by atoms with Gasteiger partial charge in [0, 0.05) is 30.6 Å². The molecule has 1 saturated heterocycles. The van der Waals surface area contributed by atoms with Crippen LogP contribution >= 0.6 is 11.3 Å². The molecule has 148 valence electrons. The maximum absolute atomic E-state index is 13.0. The van der Waals surface area contributed by atoms with Crippen molar-refractivity contribution in [1.29, 1.82) is 0 Å². The van der Waals surface area contributed by atoms with Gasteiger partial charge in [-0.15, -0.1) is 11.3 Å². The average Bonchev–Trinajstić information content (AvgIpc) is 3.20. The quantitative estimate of drug-likeness (QED) is 0.771. The molecule has 0 radical (unpaired) electrons. The average molecular weight is 422 g/mol. The predicted molar refractivity (Wildman–Crippen MR) is 103 cm³/mol. The summed E-state index contributed by atoms with van der Waals surface area (Å²) < 4.78 is 32.5. The lowest BCUT2D eigenvalue weighted by molar-refractivity contribution is -0.121. The van der Waals surface area contributed by atoms with Gasteiger partial charge in [0.25, 0.3) is 5.91 Å². The summed E-state index contributed by atoms with van der Waals surface area (Å²) in [6, 6.07) is 4.41. The molecule has 1 aromatic heterocycles. The molecule has 2 aliphatic heterocycles. The summed E-state index contributed by atoms with van der Waals surface area (Å²) in [7, 11) is -3.73. The number of amides is 2. The number of carbonyl (C=O) groups excluding carboxylic acids is 2. The van der Waals surface area contributed by atoms with Crippen LogP contribution in [0.15, 0.2) is 34.7 Å². The highest BCUT2D eigenvalue weighted by molar-refractivity contribution is 7.89. The number of thiazole rings is 1. The summed E-state index contributed by atoms with van der Waals surface area (Å²) in [4.78, 5) is 27.9. The largest absolute Gasteiger partial charge is 0.482 e. The van der Waals surface area contributed by atoms with Gasteiger partial charge < -0.3 is 15.4 Å². The maximum Gasteiger partial charge on any atom is 0.262 e. The minimum atomic E-state index is -3.73. The lowest BCUT2D eigenvalue weighted by Crippen LogP contribution is -2.41. The summed E-state index contributed by atoms with van der Waals surface area (Å²) in [6.07, 6.45) is 2.48. The van der Waals surface area contributed by atoms with Gasteiger partial charge >= 0.3 is 0 Å². The minimum absolute atomic E-state index is 0.0859. The van der Waals surface area contributed by atoms with Gasteiger partial charge in [0.15, 0.2) is 11.7 Å². The Balaban J connectivity index is 1.43. The van der Waals surface area contributed by atoms with E-state index in [4.69, 9.17) is 4.74 Å². The Morgan fingerprint density at radius 2 is 2.11 bits per heavy atom. The van der Waals surface area contributed by atoms with Crippen LogP contribution in [-0.2, 0) is 19.6 Å². The van der Waals surface area contributed by atoms with E-state index in [1.807, 2.05) is 0 Å². The number of ether oxygens (including phenoxy) is 1. The molecule has 1 aromatic carbocycles. The van der Waals surface area contributed by atoms with Crippen LogP contribution in [0.4, 0.5) is 10.8 Å². The number of benzene rings is 1. The zero-order chi connectivity index (χ0) is 19.7. The molecule has 2 aromatic rings. The van der Waals surface area contributed by atoms with Gasteiger partial charge in [-0.2, -0.15) is 4.31 Å². The zero-order valence-corrected chi connectivity index (χ0v) is 16.4. The molecule has 0 bridgehead atoms. The van der Waals surface area contributed by atoms with Crippen LogP contribution in [-0.4, -0.2) is 49.2 Å². The van der Waals surface area contributed by atoms with Crippen molar-refractivity contribution >= 4 is 44.0 Å². The molecular formula is C17H18N4O5S2. The van der Waals surface area contributed by atoms with E-state index in [2.05, 4.69) is 15.6 Å². The van der Waals surface area contributed by atoms with Crippen molar-refractivity contribution in [3.63, 3.8) is 0 Å². The van der Waals surface area contributed by atoms with Crippen molar-refractivity contribution in [1.82, 2.24) is 9.29 Å². The van der Waals surface area contributed by atoms with Crippen LogP contribution < -0.4 is 15.4 Å². The number of hydrogen-bond donors (Lipinski definition) is 2. The van der Waals surface area contributed by atoms with E-state index in [0.29, 0.717) is 29.4 Å². The lowest BCUT2D eigenvalue weighted by Gasteiger charge is -2.30. The highest BCUT2D eigenvalue weighted by Gasteiger charge is 2.33. The molecule has 0 saturated carbocycles. The molecule has 3 heterocycles. The third kappa shape index (κ3) is 3.73. The Kier molecular flexibility index (Phi) is 5.04. The number of piperidine rings is 1. The third-order valence-corrected chi connectivity index (χ3v) is 7.29. The minimum Gasteiger partial charge on any atom is -0.482 e. The summed E-state index contributed by atoms with van der Waals surface area (Å²) in [5, 5.41) is 7.69. The molecule has 9 nitrogen and oxygen atoms in total. The van der Waals surface area contributed by atoms with E-state index in [-0.39, 0.29) is 42.3 Å². The lowest BCUT2D eigenvalue weighted by atomic mass is 9.97. The van der Waals surface area contributed by atoms with Gasteiger partial charge in [0.05, 0.1) is 10.6 Å². The van der Waals surface area contributed by atoms with Gasteiger partial charge in [-0.3, -0.25) is 9.59 Å². The second-order valence-corrected chi connectivity index (χ2v) is 9.33. The molecule has 2 N–H and O–H groups in total. The fourth-order valence-electron chi connectivity index (χ4n) is 3.22. The monoisotopic (exact) mass is 422 g/mol. The van der Waals surface area contributed by atoms with E-state index >= 15 is 0 Å². The molecule has 1 fully saturated rings. The van der Waals surface area contributed by atoms with Crippen LogP contribution in [0.5, 0.6) is 5.75 Å². The molecule has 2 aliphatic rings. The van der Waals surface area contributed by atoms with Crippen LogP contribution in [0.25, 0.3) is 0 Å². The molecule has 0 spiro atoms. The van der Waals surface area contributed by atoms with Crippen molar-refractivity contribution < 1.29 is 22.7 Å². The first-order valence-corrected chi connectivity index (χ1v) is 11.0. The predicted octanol–water partition coefficient (Wildman–Crippen LogP) is 1.51. The molecule has 28 heavy (non-hydrogen) atoms. The zero-order valence-electron chi connectivity index (χ0n) is 14.8. The normalized spacial score (nSPS) is 18.1. The summed E-state index contributed by atoms with van der Waals surface area (Å²) in [6.45, 7) is 0.409. The van der Waals surface area contributed by atoms with Crippen LogP contribution in [0, 0.1) is 5.92 Å². The number of hydrogen-bond acceptors (Lipinski definition) is 7. The second kappa shape index (κ2) is 7.49. The topological polar surface area (TPSA) is 118 Å². The number of anilines is 2.